The average Bonchev–Trinajstić information content (AvgIpc) is 0.870. The maximum absolute atomic E-state index is 6.80. The molecule has 0 spiro atoms. The Kier molecular flexibility index (Phi) is 25.6. The van der Waals surface area contributed by atoms with Crippen molar-refractivity contribution >= 4 is 0 Å². The van der Waals surface area contributed by atoms with Gasteiger partial charge in [-0.05, 0) is 140 Å². The predicted octanol–water partition coefficient (Wildman–Crippen LogP) is 22.0. The predicted molar refractivity (Wildman–Crippen MR) is 428 cm³/mol. The molecule has 12 heteroatoms. The highest BCUT2D eigenvalue weighted by atomic mass is 16.5. The molecule has 14 rings (SSSR count). The summed E-state index contributed by atoms with van der Waals surface area (Å²) in [4.78, 5) is 0. The molecule has 110 heavy (non-hydrogen) atoms. The van der Waals surface area contributed by atoms with Crippen molar-refractivity contribution in [1.29, 1.82) is 0 Å². The first kappa shape index (κ1) is 73.2. The minimum Gasteiger partial charge on any atom is -0.489 e. The second kappa shape index (κ2) is 38.5. The summed E-state index contributed by atoms with van der Waals surface area (Å²) in [6.45, 7) is 3.52. The summed E-state index contributed by atoms with van der Waals surface area (Å²) in [5.74, 6) is 14.1. The van der Waals surface area contributed by atoms with Gasteiger partial charge in [0, 0.05) is 47.5 Å². The molecule has 0 aliphatic rings. The van der Waals surface area contributed by atoms with Crippen LogP contribution in [-0.2, 0) is 79.3 Å². The van der Waals surface area contributed by atoms with E-state index in [9.17, 15) is 0 Å². The molecule has 0 atom stereocenters. The Hall–Kier alpha value is -13.8. The molecule has 0 radical (unpaired) electrons. The summed E-state index contributed by atoms with van der Waals surface area (Å²) in [7, 11) is 0. The van der Waals surface area contributed by atoms with Crippen molar-refractivity contribution in [3.63, 3.8) is 0 Å². The Bertz CT molecular complexity index is 4370. The lowest BCUT2D eigenvalue weighted by molar-refractivity contribution is 0.276. The highest BCUT2D eigenvalue weighted by Crippen LogP contribution is 2.34. The summed E-state index contributed by atoms with van der Waals surface area (Å²) in [5.41, 5.74) is 12.8. The molecule has 0 bridgehead atoms. The van der Waals surface area contributed by atoms with E-state index in [2.05, 4.69) is 11.8 Å². The fraction of sp³-hybridized carbons (Fsp3) is 0.122. The van der Waals surface area contributed by atoms with Crippen LogP contribution in [0, 0.1) is 11.8 Å². The van der Waals surface area contributed by atoms with Gasteiger partial charge in [0.15, 0.2) is 0 Å². The maximum atomic E-state index is 6.80. The molecule has 0 N–H and O–H groups in total. The Morgan fingerprint density at radius 2 is 0.245 bits per heavy atom. The standard InChI is InChI=1S/C98H82O12/c1-9-25-73(26-10-1)61-99-91-47-83(48-92(57-91)100-62-74-27-11-2-12-28-74)69-107-87-43-81(44-88(55-87)108-70-84-49-93(101-63-75-29-13-3-14-30-75)58-94(50-84)102-64-76-31-15-4-16-32-76)41-42-82-45-89(109-71-85-51-95(103-65-77-33-17-5-18-34-77)59-96(52-85)104-66-78-35-19-6-20-36-78)56-90(46-82)110-72-86-53-97(105-67-79-37-21-7-22-38-79)60-98(54-86)106-68-80-39-23-8-24-40-80/h1-40,43-60H,61-72H2. The van der Waals surface area contributed by atoms with E-state index in [4.69, 9.17) is 56.8 Å². The van der Waals surface area contributed by atoms with Crippen molar-refractivity contribution in [2.45, 2.75) is 79.3 Å². The van der Waals surface area contributed by atoms with Crippen LogP contribution >= 0.6 is 0 Å². The molecule has 14 aromatic rings. The van der Waals surface area contributed by atoms with Crippen molar-refractivity contribution < 1.29 is 56.8 Å². The van der Waals surface area contributed by atoms with Crippen molar-refractivity contribution in [2.75, 3.05) is 0 Å². The molecule has 0 aliphatic heterocycles. The SMILES string of the molecule is C(#Cc1cc(OCc2cc(OCc3ccccc3)cc(OCc3ccccc3)c2)cc(OCc2cc(OCc3ccccc3)cc(OCc3ccccc3)c2)c1)c1cc(OCc2cc(OCc3ccccc3)cc(OCc3ccccc3)c2)cc(OCc2cc(OCc3ccccc3)cc(OCc3ccccc3)c2)c1. The van der Waals surface area contributed by atoms with E-state index in [0.717, 1.165) is 66.8 Å². The molecule has 0 amide bonds. The van der Waals surface area contributed by atoms with E-state index >= 15 is 0 Å². The number of rotatable bonds is 36. The first-order valence-corrected chi connectivity index (χ1v) is 36.6. The lowest BCUT2D eigenvalue weighted by atomic mass is 10.1. The highest BCUT2D eigenvalue weighted by molar-refractivity contribution is 5.53. The van der Waals surface area contributed by atoms with Gasteiger partial charge in [-0.15, -0.1) is 0 Å². The molecule has 0 fully saturated rings. The molecule has 546 valence electrons. The van der Waals surface area contributed by atoms with Gasteiger partial charge in [-0.25, -0.2) is 0 Å². The van der Waals surface area contributed by atoms with Crippen LogP contribution in [0.2, 0.25) is 0 Å². The molecule has 14 aromatic carbocycles. The molecule has 0 saturated heterocycles. The van der Waals surface area contributed by atoms with Gasteiger partial charge in [-0.3, -0.25) is 0 Å². The van der Waals surface area contributed by atoms with Crippen LogP contribution in [0.5, 0.6) is 69.0 Å². The number of hydrogen-bond acceptors (Lipinski definition) is 12. The molecule has 0 heterocycles. The summed E-state index contributed by atoms with van der Waals surface area (Å²) in [6, 6.07) is 115. The van der Waals surface area contributed by atoms with Crippen LogP contribution in [0.3, 0.4) is 0 Å². The van der Waals surface area contributed by atoms with Crippen molar-refractivity contribution in [2.24, 2.45) is 0 Å². The summed E-state index contributed by atoms with van der Waals surface area (Å²) < 4.78 is 78.6. The fourth-order valence-electron chi connectivity index (χ4n) is 11.9. The first-order chi connectivity index (χ1) is 54.3. The quantitative estimate of drug-likeness (QED) is 0.0349. The Labute approximate surface area is 643 Å². The monoisotopic (exact) mass is 1450 g/mol. The molecule has 0 unspecified atom stereocenters. The van der Waals surface area contributed by atoms with Gasteiger partial charge in [0.05, 0.1) is 0 Å². The maximum Gasteiger partial charge on any atom is 0.124 e. The van der Waals surface area contributed by atoms with Crippen molar-refractivity contribution in [3.05, 3.63) is 430 Å². The van der Waals surface area contributed by atoms with Crippen LogP contribution in [-0.4, -0.2) is 0 Å². The third-order valence-corrected chi connectivity index (χ3v) is 17.5. The van der Waals surface area contributed by atoms with Crippen molar-refractivity contribution in [3.8, 4) is 80.8 Å². The molecule has 0 saturated carbocycles. The fourth-order valence-corrected chi connectivity index (χ4v) is 11.9. The van der Waals surface area contributed by atoms with Crippen LogP contribution < -0.4 is 56.8 Å². The van der Waals surface area contributed by atoms with Crippen LogP contribution in [0.15, 0.2) is 352 Å². The zero-order chi connectivity index (χ0) is 74.4. The molecule has 0 aromatic heterocycles. The van der Waals surface area contributed by atoms with Gasteiger partial charge in [0.2, 0.25) is 0 Å². The van der Waals surface area contributed by atoms with E-state index in [1.165, 1.54) is 0 Å². The Morgan fingerprint density at radius 1 is 0.127 bits per heavy atom. The minimum atomic E-state index is 0.148. The molecule has 12 nitrogen and oxygen atoms in total. The second-order valence-corrected chi connectivity index (χ2v) is 26.2. The van der Waals surface area contributed by atoms with E-state index in [1.807, 2.05) is 352 Å². The van der Waals surface area contributed by atoms with Gasteiger partial charge < -0.3 is 56.8 Å². The van der Waals surface area contributed by atoms with E-state index in [1.54, 1.807) is 0 Å². The number of benzene rings is 14. The smallest absolute Gasteiger partial charge is 0.124 e. The number of hydrogen-bond donors (Lipinski definition) is 0. The lowest BCUT2D eigenvalue weighted by Crippen LogP contribution is -2.03. The van der Waals surface area contributed by atoms with E-state index in [0.29, 0.717) is 133 Å². The summed E-state index contributed by atoms with van der Waals surface area (Å²) in [5, 5.41) is 0. The third-order valence-electron chi connectivity index (χ3n) is 17.5. The van der Waals surface area contributed by atoms with Crippen LogP contribution in [0.25, 0.3) is 0 Å². The van der Waals surface area contributed by atoms with Crippen molar-refractivity contribution in [1.82, 2.24) is 0 Å². The van der Waals surface area contributed by atoms with E-state index in [-0.39, 0.29) is 26.4 Å². The summed E-state index contributed by atoms with van der Waals surface area (Å²) >= 11 is 0. The second-order valence-electron chi connectivity index (χ2n) is 26.2. The molecular formula is C98H82O12. The van der Waals surface area contributed by atoms with Crippen LogP contribution in [0.1, 0.15) is 77.9 Å². The summed E-state index contributed by atoms with van der Waals surface area (Å²) in [6.07, 6.45) is 0. The Morgan fingerprint density at radius 3 is 0.382 bits per heavy atom. The van der Waals surface area contributed by atoms with Gasteiger partial charge >= 0.3 is 0 Å². The minimum absolute atomic E-state index is 0.148. The van der Waals surface area contributed by atoms with Gasteiger partial charge in [-0.1, -0.05) is 254 Å². The molecule has 0 aliphatic carbocycles. The van der Waals surface area contributed by atoms with Gasteiger partial charge in [0.1, 0.15) is 148 Å². The Balaban J connectivity index is 0.793. The topological polar surface area (TPSA) is 111 Å². The van der Waals surface area contributed by atoms with Gasteiger partial charge in [0.25, 0.3) is 0 Å². The zero-order valence-corrected chi connectivity index (χ0v) is 60.9. The lowest BCUT2D eigenvalue weighted by Gasteiger charge is -2.15. The van der Waals surface area contributed by atoms with Gasteiger partial charge in [-0.2, -0.15) is 0 Å². The van der Waals surface area contributed by atoms with E-state index < -0.39 is 0 Å². The largest absolute Gasteiger partial charge is 0.489 e. The first-order valence-electron chi connectivity index (χ1n) is 36.6. The number of ether oxygens (including phenoxy) is 12. The highest BCUT2D eigenvalue weighted by Gasteiger charge is 2.15. The average molecular weight is 1450 g/mol. The zero-order valence-electron chi connectivity index (χ0n) is 60.9. The molecular weight excluding hydrogens is 1370 g/mol. The normalized spacial score (nSPS) is 10.7. The van der Waals surface area contributed by atoms with Crippen LogP contribution in [0.4, 0.5) is 0 Å². The third kappa shape index (κ3) is 23.4.